The number of hydrogen-bond donors (Lipinski definition) is 1. The Kier molecular flexibility index (Phi) is 7.33. The Balaban J connectivity index is 1.39. The lowest BCUT2D eigenvalue weighted by molar-refractivity contribution is -0.155. The van der Waals surface area contributed by atoms with E-state index in [1.807, 2.05) is 40.0 Å². The number of unbranched alkanes of at least 4 members (excludes halogenated alkanes) is 1. The lowest BCUT2D eigenvalue weighted by Crippen LogP contribution is -2.44. The topological polar surface area (TPSA) is 47.6 Å². The van der Waals surface area contributed by atoms with Crippen LogP contribution in [0.2, 0.25) is 0 Å². The van der Waals surface area contributed by atoms with Gasteiger partial charge in [0.1, 0.15) is 5.75 Å². The molecule has 0 amide bonds. The average Bonchev–Trinajstić information content (AvgIpc) is 3.19. The average molecular weight is 408 g/mol. The number of ether oxygens (including phenoxy) is 2. The summed E-state index contributed by atoms with van der Waals surface area (Å²) in [5.74, 6) is 0.739. The Morgan fingerprint density at radius 1 is 1.10 bits per heavy atom. The van der Waals surface area contributed by atoms with Crippen molar-refractivity contribution in [2.24, 2.45) is 5.41 Å². The van der Waals surface area contributed by atoms with E-state index < -0.39 is 5.41 Å². The third-order valence-corrected chi connectivity index (χ3v) is 6.05. The fraction of sp³-hybridized carbons (Fsp3) is 0.423. The molecule has 4 heteroatoms. The highest BCUT2D eigenvalue weighted by molar-refractivity contribution is 5.88. The Hall–Kier alpha value is -2.59. The summed E-state index contributed by atoms with van der Waals surface area (Å²) in [6.45, 7) is 6.85. The second-order valence-corrected chi connectivity index (χ2v) is 8.50. The van der Waals surface area contributed by atoms with Crippen molar-refractivity contribution >= 4 is 17.6 Å². The van der Waals surface area contributed by atoms with Crippen LogP contribution >= 0.6 is 0 Å². The van der Waals surface area contributed by atoms with Gasteiger partial charge in [-0.2, -0.15) is 0 Å². The highest BCUT2D eigenvalue weighted by atomic mass is 16.5. The van der Waals surface area contributed by atoms with Crippen LogP contribution in [0.3, 0.4) is 0 Å². The first kappa shape index (κ1) is 22.1. The number of fused-ring (bicyclic) bond motifs is 1. The van der Waals surface area contributed by atoms with Gasteiger partial charge < -0.3 is 14.8 Å². The molecular formula is C26H33NO3. The van der Waals surface area contributed by atoms with Gasteiger partial charge in [0.05, 0.1) is 18.6 Å². The molecule has 2 aromatic rings. The van der Waals surface area contributed by atoms with E-state index in [2.05, 4.69) is 47.8 Å². The third kappa shape index (κ3) is 5.31. The predicted octanol–water partition coefficient (Wildman–Crippen LogP) is 5.12. The molecule has 0 fully saturated rings. The van der Waals surface area contributed by atoms with Gasteiger partial charge >= 0.3 is 5.97 Å². The van der Waals surface area contributed by atoms with Crippen molar-refractivity contribution in [1.82, 2.24) is 5.32 Å². The number of hydrogen-bond acceptors (Lipinski definition) is 4. The summed E-state index contributed by atoms with van der Waals surface area (Å²) in [7, 11) is 1.86. The molecule has 0 heterocycles. The normalized spacial score (nSPS) is 14.1. The highest BCUT2D eigenvalue weighted by Gasteiger charge is 2.34. The summed E-state index contributed by atoms with van der Waals surface area (Å²) in [5.41, 5.74) is 4.66. The molecule has 0 saturated carbocycles. The van der Waals surface area contributed by atoms with Crippen LogP contribution in [0, 0.1) is 5.41 Å². The van der Waals surface area contributed by atoms with Crippen molar-refractivity contribution in [1.29, 1.82) is 0 Å². The van der Waals surface area contributed by atoms with Crippen LogP contribution in [0.4, 0.5) is 0 Å². The van der Waals surface area contributed by atoms with Gasteiger partial charge in [-0.05, 0) is 81.5 Å². The Morgan fingerprint density at radius 2 is 1.83 bits per heavy atom. The van der Waals surface area contributed by atoms with E-state index >= 15 is 0 Å². The largest absolute Gasteiger partial charge is 0.494 e. The second kappa shape index (κ2) is 9.94. The minimum absolute atomic E-state index is 0.0602. The standard InChI is InChI=1S/C26H33NO3/c1-19(27-4)26(2,3)25(28)30-15-9-8-14-29-24-13-12-21-16-22(17-23(21)18-24)20-10-6-5-7-11-20/h5-7,10-13,16,18-19,27H,8-9,14-15,17H2,1-4H3. The first-order valence-corrected chi connectivity index (χ1v) is 10.8. The molecular weight excluding hydrogens is 374 g/mol. The quantitative estimate of drug-likeness (QED) is 0.439. The molecule has 1 atom stereocenters. The van der Waals surface area contributed by atoms with E-state index in [0.717, 1.165) is 25.0 Å². The monoisotopic (exact) mass is 407 g/mol. The summed E-state index contributed by atoms with van der Waals surface area (Å²) in [6.07, 6.45) is 4.84. The van der Waals surface area contributed by atoms with Crippen molar-refractivity contribution in [3.63, 3.8) is 0 Å². The van der Waals surface area contributed by atoms with Crippen molar-refractivity contribution in [3.8, 4) is 5.75 Å². The van der Waals surface area contributed by atoms with Gasteiger partial charge in [0.15, 0.2) is 0 Å². The van der Waals surface area contributed by atoms with Crippen LogP contribution in [-0.4, -0.2) is 32.3 Å². The minimum Gasteiger partial charge on any atom is -0.494 e. The highest BCUT2D eigenvalue weighted by Crippen LogP contribution is 2.33. The molecule has 1 N–H and O–H groups in total. The van der Waals surface area contributed by atoms with Crippen LogP contribution in [-0.2, 0) is 16.0 Å². The van der Waals surface area contributed by atoms with E-state index in [-0.39, 0.29) is 12.0 Å². The van der Waals surface area contributed by atoms with Gasteiger partial charge in [-0.3, -0.25) is 4.79 Å². The van der Waals surface area contributed by atoms with Gasteiger partial charge in [-0.15, -0.1) is 0 Å². The summed E-state index contributed by atoms with van der Waals surface area (Å²) in [6, 6.07) is 16.9. The van der Waals surface area contributed by atoms with Crippen LogP contribution in [0.15, 0.2) is 48.5 Å². The zero-order chi connectivity index (χ0) is 21.6. The Bertz CT molecular complexity index is 886. The maximum absolute atomic E-state index is 12.3. The summed E-state index contributed by atoms with van der Waals surface area (Å²) in [4.78, 5) is 12.3. The van der Waals surface area contributed by atoms with Crippen LogP contribution in [0.1, 0.15) is 50.3 Å². The lowest BCUT2D eigenvalue weighted by Gasteiger charge is -2.29. The number of allylic oxidation sites excluding steroid dienone is 1. The van der Waals surface area contributed by atoms with Gasteiger partial charge in [0.25, 0.3) is 0 Å². The fourth-order valence-corrected chi connectivity index (χ4v) is 3.53. The Labute approximate surface area is 180 Å². The van der Waals surface area contributed by atoms with E-state index in [1.165, 1.54) is 22.3 Å². The molecule has 0 radical (unpaired) electrons. The third-order valence-electron chi connectivity index (χ3n) is 6.05. The molecule has 0 saturated heterocycles. The van der Waals surface area contributed by atoms with Crippen molar-refractivity contribution in [2.75, 3.05) is 20.3 Å². The number of carbonyl (C=O) groups excluding carboxylic acids is 1. The van der Waals surface area contributed by atoms with Crippen LogP contribution in [0.25, 0.3) is 11.6 Å². The molecule has 0 bridgehead atoms. The molecule has 3 rings (SSSR count). The molecule has 30 heavy (non-hydrogen) atoms. The zero-order valence-corrected chi connectivity index (χ0v) is 18.5. The van der Waals surface area contributed by atoms with E-state index in [0.29, 0.717) is 13.2 Å². The van der Waals surface area contributed by atoms with Gasteiger partial charge in [0.2, 0.25) is 0 Å². The van der Waals surface area contributed by atoms with Crippen LogP contribution < -0.4 is 10.1 Å². The molecule has 0 aliphatic heterocycles. The van der Waals surface area contributed by atoms with E-state index in [1.54, 1.807) is 0 Å². The molecule has 1 unspecified atom stereocenters. The summed E-state index contributed by atoms with van der Waals surface area (Å²) >= 11 is 0. The first-order valence-electron chi connectivity index (χ1n) is 10.8. The van der Waals surface area contributed by atoms with Crippen molar-refractivity contribution in [3.05, 3.63) is 65.2 Å². The van der Waals surface area contributed by atoms with Gasteiger partial charge in [-0.25, -0.2) is 0 Å². The number of rotatable bonds is 10. The lowest BCUT2D eigenvalue weighted by atomic mass is 9.85. The number of esters is 1. The maximum atomic E-state index is 12.3. The molecule has 0 aromatic heterocycles. The second-order valence-electron chi connectivity index (χ2n) is 8.50. The smallest absolute Gasteiger partial charge is 0.313 e. The first-order chi connectivity index (χ1) is 14.4. The maximum Gasteiger partial charge on any atom is 0.313 e. The van der Waals surface area contributed by atoms with Crippen molar-refractivity contribution < 1.29 is 14.3 Å². The SMILES string of the molecule is CNC(C)C(C)(C)C(=O)OCCCCOc1ccc2c(c1)CC(c1ccccc1)=C2. The minimum atomic E-state index is -0.539. The molecule has 160 valence electrons. The van der Waals surface area contributed by atoms with E-state index in [9.17, 15) is 4.79 Å². The van der Waals surface area contributed by atoms with Crippen molar-refractivity contribution in [2.45, 2.75) is 46.1 Å². The number of benzene rings is 2. The molecule has 1 aliphatic carbocycles. The Morgan fingerprint density at radius 3 is 2.57 bits per heavy atom. The predicted molar refractivity (Wildman–Crippen MR) is 122 cm³/mol. The zero-order valence-electron chi connectivity index (χ0n) is 18.5. The molecule has 0 spiro atoms. The molecule has 1 aliphatic rings. The summed E-state index contributed by atoms with van der Waals surface area (Å²) in [5, 5.41) is 3.12. The number of nitrogens with one attached hydrogen (secondary N) is 1. The van der Waals surface area contributed by atoms with E-state index in [4.69, 9.17) is 9.47 Å². The van der Waals surface area contributed by atoms with Gasteiger partial charge in [0, 0.05) is 6.04 Å². The molecule has 2 aromatic carbocycles. The number of carbonyl (C=O) groups is 1. The van der Waals surface area contributed by atoms with Gasteiger partial charge in [-0.1, -0.05) is 42.5 Å². The fourth-order valence-electron chi connectivity index (χ4n) is 3.53. The molecule has 4 nitrogen and oxygen atoms in total. The summed E-state index contributed by atoms with van der Waals surface area (Å²) < 4.78 is 11.4. The van der Waals surface area contributed by atoms with Crippen LogP contribution in [0.5, 0.6) is 5.75 Å².